The second-order valence-corrected chi connectivity index (χ2v) is 7.85. The summed E-state index contributed by atoms with van der Waals surface area (Å²) in [6, 6.07) is 0. The molecule has 0 atom stereocenters. The first-order valence-electron chi connectivity index (χ1n) is 9.92. The predicted molar refractivity (Wildman–Crippen MR) is 94.3 cm³/mol. The van der Waals surface area contributed by atoms with Crippen LogP contribution in [0.15, 0.2) is 0 Å². The fourth-order valence-corrected chi connectivity index (χ4v) is 3.87. The number of rotatable bonds is 3. The lowest BCUT2D eigenvalue weighted by atomic mass is 9.99. The van der Waals surface area contributed by atoms with Crippen molar-refractivity contribution in [2.45, 2.75) is 76.7 Å². The molecule has 1 saturated heterocycles. The minimum Gasteiger partial charge on any atom is -0.458 e. The van der Waals surface area contributed by atoms with E-state index >= 15 is 0 Å². The number of carbonyl (C=O) groups is 1. The molecule has 2 aliphatic rings. The van der Waals surface area contributed by atoms with E-state index in [0.29, 0.717) is 6.54 Å². The van der Waals surface area contributed by atoms with Crippen molar-refractivity contribution in [2.24, 2.45) is 0 Å². The maximum absolute atomic E-state index is 12.4. The van der Waals surface area contributed by atoms with Gasteiger partial charge in [-0.15, -0.1) is 0 Å². The van der Waals surface area contributed by atoms with Gasteiger partial charge >= 0.3 is 5.97 Å². The van der Waals surface area contributed by atoms with Gasteiger partial charge in [-0.2, -0.15) is 0 Å². The molecule has 23 heavy (non-hydrogen) atoms. The quantitative estimate of drug-likeness (QED) is 0.639. The van der Waals surface area contributed by atoms with Crippen molar-refractivity contribution in [2.75, 3.05) is 39.8 Å². The summed E-state index contributed by atoms with van der Waals surface area (Å²) in [6.07, 6.45) is 14.2. The van der Waals surface area contributed by atoms with Gasteiger partial charge in [-0.1, -0.05) is 44.9 Å². The molecule has 4 nitrogen and oxygen atoms in total. The first-order valence-corrected chi connectivity index (χ1v) is 9.92. The first-order chi connectivity index (χ1) is 11.2. The van der Waals surface area contributed by atoms with Crippen molar-refractivity contribution in [1.29, 1.82) is 0 Å². The summed E-state index contributed by atoms with van der Waals surface area (Å²) in [4.78, 5) is 12.4. The molecule has 0 radical (unpaired) electrons. The van der Waals surface area contributed by atoms with Crippen LogP contribution >= 0.6 is 0 Å². The molecule has 0 aromatic rings. The van der Waals surface area contributed by atoms with Gasteiger partial charge in [-0.25, -0.2) is 4.79 Å². The van der Waals surface area contributed by atoms with Gasteiger partial charge in [0, 0.05) is 13.1 Å². The average molecular weight is 326 g/mol. The van der Waals surface area contributed by atoms with Crippen LogP contribution in [0.25, 0.3) is 0 Å². The van der Waals surface area contributed by atoms with Crippen LogP contribution in [0.2, 0.25) is 0 Å². The number of esters is 1. The molecular weight excluding hydrogens is 288 g/mol. The number of nitrogens with one attached hydrogen (secondary N) is 1. The first kappa shape index (κ1) is 18.7. The molecule has 1 aliphatic heterocycles. The van der Waals surface area contributed by atoms with E-state index < -0.39 is 0 Å². The van der Waals surface area contributed by atoms with Gasteiger partial charge in [0.2, 0.25) is 0 Å². The third-order valence-corrected chi connectivity index (χ3v) is 5.52. The Hall–Kier alpha value is -0.610. The highest BCUT2D eigenvalue weighted by molar-refractivity contribution is 5.70. The van der Waals surface area contributed by atoms with Crippen molar-refractivity contribution >= 4 is 5.97 Å². The summed E-state index contributed by atoms with van der Waals surface area (Å²) in [7, 11) is 2.18. The zero-order valence-electron chi connectivity index (χ0n) is 15.2. The molecule has 0 aromatic carbocycles. The van der Waals surface area contributed by atoms with E-state index in [1.807, 2.05) is 0 Å². The van der Waals surface area contributed by atoms with Crippen LogP contribution in [0.3, 0.4) is 0 Å². The number of carbonyl (C=O) groups excluding carboxylic acids is 1. The summed E-state index contributed by atoms with van der Waals surface area (Å²) >= 11 is 0. The summed E-state index contributed by atoms with van der Waals surface area (Å²) in [5.74, 6) is 0.0199. The van der Waals surface area contributed by atoms with E-state index in [2.05, 4.69) is 12.4 Å². The summed E-state index contributed by atoms with van der Waals surface area (Å²) in [5.41, 5.74) is 0. The van der Waals surface area contributed by atoms with E-state index in [9.17, 15) is 4.79 Å². The molecule has 0 unspecified atom stereocenters. The predicted octanol–water partition coefficient (Wildman–Crippen LogP) is 3.25. The van der Waals surface area contributed by atoms with E-state index in [1.54, 1.807) is 0 Å². The largest absolute Gasteiger partial charge is 0.458 e. The standard InChI is InChI=1S/C19H37N2O2/c1-21(15-13-20-14-16-21)17-19(22)23-18-11-9-7-5-3-2-4-6-8-10-12-18/h18,20H,2-17H2,1H3/q+1. The Bertz CT molecular complexity index is 328. The van der Waals surface area contributed by atoms with Gasteiger partial charge in [0.1, 0.15) is 6.10 Å². The number of piperazine rings is 1. The van der Waals surface area contributed by atoms with Gasteiger partial charge in [0.25, 0.3) is 0 Å². The van der Waals surface area contributed by atoms with E-state index in [4.69, 9.17) is 4.74 Å². The Morgan fingerprint density at radius 2 is 1.39 bits per heavy atom. The number of nitrogens with zero attached hydrogens (tertiary/aromatic N) is 1. The molecule has 1 N–H and O–H groups in total. The Balaban J connectivity index is 1.76. The third kappa shape index (κ3) is 7.67. The van der Waals surface area contributed by atoms with Gasteiger partial charge in [-0.3, -0.25) is 0 Å². The smallest absolute Gasteiger partial charge is 0.362 e. The van der Waals surface area contributed by atoms with Crippen LogP contribution < -0.4 is 5.32 Å². The van der Waals surface area contributed by atoms with E-state index in [1.165, 1.54) is 57.8 Å². The van der Waals surface area contributed by atoms with Crippen LogP contribution in [-0.4, -0.2) is 56.3 Å². The fraction of sp³-hybridized carbons (Fsp3) is 0.947. The summed E-state index contributed by atoms with van der Waals surface area (Å²) in [5, 5.41) is 3.37. The van der Waals surface area contributed by atoms with Crippen molar-refractivity contribution in [3.8, 4) is 0 Å². The molecule has 4 heteroatoms. The molecule has 1 aliphatic carbocycles. The number of ether oxygens (including phenoxy) is 1. The number of hydrogen-bond donors (Lipinski definition) is 1. The molecule has 134 valence electrons. The summed E-state index contributed by atoms with van der Waals surface area (Å²) in [6.45, 7) is 4.61. The molecule has 0 amide bonds. The highest BCUT2D eigenvalue weighted by Crippen LogP contribution is 2.19. The maximum atomic E-state index is 12.4. The number of quaternary nitrogens is 1. The molecule has 1 heterocycles. The molecule has 2 rings (SSSR count). The van der Waals surface area contributed by atoms with E-state index in [0.717, 1.165) is 43.5 Å². The number of likely N-dealkylation sites (N-methyl/N-ethyl adjacent to an activating group) is 1. The van der Waals surface area contributed by atoms with Crippen LogP contribution in [-0.2, 0) is 9.53 Å². The minimum atomic E-state index is 0.0199. The maximum Gasteiger partial charge on any atom is 0.362 e. The van der Waals surface area contributed by atoms with Crippen LogP contribution in [0, 0.1) is 0 Å². The minimum absolute atomic E-state index is 0.0199. The lowest BCUT2D eigenvalue weighted by molar-refractivity contribution is -0.904. The van der Waals surface area contributed by atoms with Crippen molar-refractivity contribution in [1.82, 2.24) is 5.32 Å². The molecule has 1 saturated carbocycles. The van der Waals surface area contributed by atoms with Crippen molar-refractivity contribution in [3.05, 3.63) is 0 Å². The molecule has 0 aromatic heterocycles. The van der Waals surface area contributed by atoms with Crippen molar-refractivity contribution in [3.63, 3.8) is 0 Å². The van der Waals surface area contributed by atoms with Gasteiger partial charge in [0.05, 0.1) is 20.1 Å². The SMILES string of the molecule is C[N+]1(CC(=O)OC2CCCCCCCCCCC2)CCNCC1. The van der Waals surface area contributed by atoms with E-state index in [-0.39, 0.29) is 12.1 Å². The van der Waals surface area contributed by atoms with Crippen LogP contribution in [0.4, 0.5) is 0 Å². The molecule has 0 spiro atoms. The summed E-state index contributed by atoms with van der Waals surface area (Å²) < 4.78 is 6.72. The highest BCUT2D eigenvalue weighted by atomic mass is 16.5. The average Bonchev–Trinajstić information content (AvgIpc) is 2.50. The number of hydrogen-bond acceptors (Lipinski definition) is 3. The van der Waals surface area contributed by atoms with Gasteiger partial charge in [0.15, 0.2) is 6.54 Å². The Morgan fingerprint density at radius 3 is 1.91 bits per heavy atom. The molecular formula is C19H37N2O2+. The second-order valence-electron chi connectivity index (χ2n) is 7.85. The van der Waals surface area contributed by atoms with Crippen molar-refractivity contribution < 1.29 is 14.0 Å². The van der Waals surface area contributed by atoms with Gasteiger partial charge in [-0.05, 0) is 25.7 Å². The monoisotopic (exact) mass is 325 g/mol. The lowest BCUT2D eigenvalue weighted by Crippen LogP contribution is -2.58. The fourth-order valence-electron chi connectivity index (χ4n) is 3.87. The Labute approximate surface area is 142 Å². The second kappa shape index (κ2) is 10.3. The highest BCUT2D eigenvalue weighted by Gasteiger charge is 2.29. The zero-order valence-corrected chi connectivity index (χ0v) is 15.2. The zero-order chi connectivity index (χ0) is 16.4. The Kier molecular flexibility index (Phi) is 8.38. The third-order valence-electron chi connectivity index (χ3n) is 5.52. The lowest BCUT2D eigenvalue weighted by Gasteiger charge is -2.37. The molecule has 2 fully saturated rings. The molecule has 0 bridgehead atoms. The normalized spacial score (nSPS) is 25.1. The van der Waals surface area contributed by atoms with Crippen LogP contribution in [0.1, 0.15) is 70.6 Å². The van der Waals surface area contributed by atoms with Gasteiger partial charge < -0.3 is 14.5 Å². The van der Waals surface area contributed by atoms with Crippen LogP contribution in [0.5, 0.6) is 0 Å². The Morgan fingerprint density at radius 1 is 0.913 bits per heavy atom. The topological polar surface area (TPSA) is 38.3 Å².